The summed E-state index contributed by atoms with van der Waals surface area (Å²) in [4.78, 5) is 11.4. The van der Waals surface area contributed by atoms with Gasteiger partial charge < -0.3 is 4.74 Å². The van der Waals surface area contributed by atoms with E-state index in [4.69, 9.17) is 0 Å². The molecule has 2 aromatic rings. The van der Waals surface area contributed by atoms with Crippen molar-refractivity contribution >= 4 is 5.97 Å². The van der Waals surface area contributed by atoms with E-state index in [-0.39, 0.29) is 16.7 Å². The van der Waals surface area contributed by atoms with E-state index >= 15 is 0 Å². The number of esters is 1. The summed E-state index contributed by atoms with van der Waals surface area (Å²) in [7, 11) is 1.22. The average Bonchev–Trinajstić information content (AvgIpc) is 2.54. The van der Waals surface area contributed by atoms with E-state index in [2.05, 4.69) is 4.74 Å². The van der Waals surface area contributed by atoms with E-state index < -0.39 is 11.9 Å². The lowest BCUT2D eigenvalue weighted by molar-refractivity contribution is 0.0425. The van der Waals surface area contributed by atoms with Crippen LogP contribution in [0.15, 0.2) is 48.5 Å². The summed E-state index contributed by atoms with van der Waals surface area (Å²) in [6.07, 6.45) is 0.795. The molecule has 0 aliphatic heterocycles. The molecule has 4 heteroatoms. The van der Waals surface area contributed by atoms with Crippen molar-refractivity contribution in [3.63, 3.8) is 0 Å². The number of aryl methyl sites for hydroxylation is 1. The molecule has 0 spiro atoms. The van der Waals surface area contributed by atoms with Gasteiger partial charge in [-0.05, 0) is 24.1 Å². The van der Waals surface area contributed by atoms with E-state index in [1.54, 1.807) is 12.1 Å². The molecule has 2 aromatic carbocycles. The Hall–Kier alpha value is -2.23. The Kier molecular flexibility index (Phi) is 4.36. The number of alkyl halides is 2. The van der Waals surface area contributed by atoms with Crippen LogP contribution >= 0.6 is 0 Å². The molecular formula is C17H16F2O2. The second kappa shape index (κ2) is 6.04. The van der Waals surface area contributed by atoms with Crippen molar-refractivity contribution in [2.75, 3.05) is 7.11 Å². The number of ether oxygens (including phenoxy) is 1. The van der Waals surface area contributed by atoms with Crippen molar-refractivity contribution < 1.29 is 18.3 Å². The maximum absolute atomic E-state index is 14.5. The highest BCUT2D eigenvalue weighted by Crippen LogP contribution is 2.36. The first kappa shape index (κ1) is 15.2. The Labute approximate surface area is 122 Å². The Balaban J connectivity index is 2.40. The van der Waals surface area contributed by atoms with Crippen molar-refractivity contribution in [1.29, 1.82) is 0 Å². The fourth-order valence-electron chi connectivity index (χ4n) is 2.08. The second-order valence-electron chi connectivity index (χ2n) is 4.70. The van der Waals surface area contributed by atoms with Gasteiger partial charge in [-0.25, -0.2) is 4.79 Å². The molecule has 0 aromatic heterocycles. The van der Waals surface area contributed by atoms with Crippen molar-refractivity contribution in [3.05, 3.63) is 70.8 Å². The molecule has 2 rings (SSSR count). The molecule has 0 atom stereocenters. The van der Waals surface area contributed by atoms with E-state index in [9.17, 15) is 13.6 Å². The number of hydrogen-bond acceptors (Lipinski definition) is 2. The fraction of sp³-hybridized carbons (Fsp3) is 0.235. The van der Waals surface area contributed by atoms with Gasteiger partial charge in [0.25, 0.3) is 5.92 Å². The first-order valence-corrected chi connectivity index (χ1v) is 6.65. The van der Waals surface area contributed by atoms with Gasteiger partial charge in [-0.1, -0.05) is 43.3 Å². The second-order valence-corrected chi connectivity index (χ2v) is 4.70. The first-order valence-electron chi connectivity index (χ1n) is 6.65. The molecule has 0 aliphatic carbocycles. The largest absolute Gasteiger partial charge is 0.465 e. The monoisotopic (exact) mass is 290 g/mol. The smallest absolute Gasteiger partial charge is 0.337 e. The highest BCUT2D eigenvalue weighted by molar-refractivity contribution is 5.89. The van der Waals surface area contributed by atoms with Crippen LogP contribution in [-0.4, -0.2) is 13.1 Å². The standard InChI is InChI=1S/C17H16F2O2/c1-3-12-7-9-14(10-8-12)17(18,19)15-6-4-5-13(11-15)16(20)21-2/h4-11H,3H2,1-2H3. The molecule has 0 unspecified atom stereocenters. The molecule has 0 bridgehead atoms. The van der Waals surface area contributed by atoms with E-state index in [0.717, 1.165) is 12.0 Å². The average molecular weight is 290 g/mol. The van der Waals surface area contributed by atoms with Gasteiger partial charge in [-0.3, -0.25) is 0 Å². The number of rotatable bonds is 4. The van der Waals surface area contributed by atoms with Crippen LogP contribution in [0.4, 0.5) is 8.78 Å². The third kappa shape index (κ3) is 3.10. The summed E-state index contributed by atoms with van der Waals surface area (Å²) in [5.74, 6) is -3.79. The topological polar surface area (TPSA) is 26.3 Å². The lowest BCUT2D eigenvalue weighted by Crippen LogP contribution is -2.16. The molecule has 0 fully saturated rings. The van der Waals surface area contributed by atoms with Crippen LogP contribution in [0.1, 0.15) is 34.0 Å². The highest BCUT2D eigenvalue weighted by atomic mass is 19.3. The number of carbonyl (C=O) groups excluding carboxylic acids is 1. The van der Waals surface area contributed by atoms with Crippen molar-refractivity contribution in [1.82, 2.24) is 0 Å². The van der Waals surface area contributed by atoms with Gasteiger partial charge >= 0.3 is 5.97 Å². The van der Waals surface area contributed by atoms with Gasteiger partial charge in [-0.2, -0.15) is 8.78 Å². The number of hydrogen-bond donors (Lipinski definition) is 0. The minimum absolute atomic E-state index is 0.0956. The summed E-state index contributed by atoms with van der Waals surface area (Å²) >= 11 is 0. The Bertz CT molecular complexity index is 633. The summed E-state index contributed by atoms with van der Waals surface area (Å²) in [5, 5.41) is 0. The quantitative estimate of drug-likeness (QED) is 0.790. The Morgan fingerprint density at radius 1 is 1.10 bits per heavy atom. The molecular weight excluding hydrogens is 274 g/mol. The lowest BCUT2D eigenvalue weighted by atomic mass is 9.97. The summed E-state index contributed by atoms with van der Waals surface area (Å²) < 4.78 is 33.6. The fourth-order valence-corrected chi connectivity index (χ4v) is 2.08. The first-order chi connectivity index (χ1) is 9.98. The summed E-state index contributed by atoms with van der Waals surface area (Å²) in [6, 6.07) is 11.6. The van der Waals surface area contributed by atoms with Crippen molar-refractivity contribution in [2.45, 2.75) is 19.3 Å². The van der Waals surface area contributed by atoms with Crippen LogP contribution in [-0.2, 0) is 17.1 Å². The predicted octanol–water partition coefficient (Wildman–Crippen LogP) is 4.18. The Morgan fingerprint density at radius 2 is 1.76 bits per heavy atom. The van der Waals surface area contributed by atoms with Gasteiger partial charge in [0, 0.05) is 11.1 Å². The summed E-state index contributed by atoms with van der Waals surface area (Å²) in [6.45, 7) is 1.97. The molecule has 0 N–H and O–H groups in total. The van der Waals surface area contributed by atoms with Crippen molar-refractivity contribution in [3.8, 4) is 0 Å². The maximum Gasteiger partial charge on any atom is 0.337 e. The zero-order chi connectivity index (χ0) is 15.5. The normalized spacial score (nSPS) is 11.2. The van der Waals surface area contributed by atoms with Gasteiger partial charge in [0.15, 0.2) is 0 Å². The molecule has 110 valence electrons. The SMILES string of the molecule is CCc1ccc(C(F)(F)c2cccc(C(=O)OC)c2)cc1. The summed E-state index contributed by atoms with van der Waals surface area (Å²) in [5.41, 5.74) is 0.786. The van der Waals surface area contributed by atoms with E-state index in [1.807, 2.05) is 6.92 Å². The third-order valence-electron chi connectivity index (χ3n) is 3.37. The van der Waals surface area contributed by atoms with Crippen LogP contribution in [0.25, 0.3) is 0 Å². The number of benzene rings is 2. The van der Waals surface area contributed by atoms with Crippen LogP contribution in [0.5, 0.6) is 0 Å². The molecule has 0 radical (unpaired) electrons. The zero-order valence-corrected chi connectivity index (χ0v) is 11.9. The predicted molar refractivity (Wildman–Crippen MR) is 76.6 cm³/mol. The van der Waals surface area contributed by atoms with Gasteiger partial charge in [-0.15, -0.1) is 0 Å². The molecule has 0 amide bonds. The van der Waals surface area contributed by atoms with Crippen LogP contribution in [0, 0.1) is 0 Å². The van der Waals surface area contributed by atoms with Crippen molar-refractivity contribution in [2.24, 2.45) is 0 Å². The van der Waals surface area contributed by atoms with Gasteiger partial charge in [0.1, 0.15) is 0 Å². The maximum atomic E-state index is 14.5. The highest BCUT2D eigenvalue weighted by Gasteiger charge is 2.34. The zero-order valence-electron chi connectivity index (χ0n) is 11.9. The number of carbonyl (C=O) groups is 1. The van der Waals surface area contributed by atoms with E-state index in [0.29, 0.717) is 0 Å². The van der Waals surface area contributed by atoms with Crippen LogP contribution in [0.2, 0.25) is 0 Å². The molecule has 0 saturated heterocycles. The number of halogens is 2. The molecule has 0 heterocycles. The van der Waals surface area contributed by atoms with Crippen LogP contribution in [0.3, 0.4) is 0 Å². The number of methoxy groups -OCH3 is 1. The molecule has 21 heavy (non-hydrogen) atoms. The Morgan fingerprint density at radius 3 is 2.33 bits per heavy atom. The van der Waals surface area contributed by atoms with Crippen LogP contribution < -0.4 is 0 Å². The molecule has 2 nitrogen and oxygen atoms in total. The van der Waals surface area contributed by atoms with E-state index in [1.165, 1.54) is 43.5 Å². The molecule has 0 saturated carbocycles. The van der Waals surface area contributed by atoms with Gasteiger partial charge in [0.05, 0.1) is 12.7 Å². The molecule has 0 aliphatic rings. The minimum Gasteiger partial charge on any atom is -0.465 e. The third-order valence-corrected chi connectivity index (χ3v) is 3.37. The van der Waals surface area contributed by atoms with Gasteiger partial charge in [0.2, 0.25) is 0 Å². The lowest BCUT2D eigenvalue weighted by Gasteiger charge is -2.18. The minimum atomic E-state index is -3.16.